The summed E-state index contributed by atoms with van der Waals surface area (Å²) in [6.07, 6.45) is 4.21. The second-order valence-electron chi connectivity index (χ2n) is 4.84. The van der Waals surface area contributed by atoms with Crippen LogP contribution in [0, 0.1) is 5.92 Å². The second kappa shape index (κ2) is 5.49. The molecule has 0 aliphatic carbocycles. The molecule has 1 N–H and O–H groups in total. The van der Waals surface area contributed by atoms with Gasteiger partial charge in [0.15, 0.2) is 0 Å². The van der Waals surface area contributed by atoms with Gasteiger partial charge in [0.2, 0.25) is 5.91 Å². The molecule has 96 valence electrons. The van der Waals surface area contributed by atoms with Gasteiger partial charge in [-0.1, -0.05) is 0 Å². The molecule has 2 rings (SSSR count). The Morgan fingerprint density at radius 1 is 1.35 bits per heavy atom. The number of carboxylic acid groups (broad SMARTS) is 1. The third kappa shape index (κ3) is 3.19. The first kappa shape index (κ1) is 12.4. The Kier molecular flexibility index (Phi) is 3.99. The molecule has 2 atom stereocenters. The second-order valence-corrected chi connectivity index (χ2v) is 4.84. The average Bonchev–Trinajstić information content (AvgIpc) is 2.96. The van der Waals surface area contributed by atoms with Crippen LogP contribution in [0.3, 0.4) is 0 Å². The lowest BCUT2D eigenvalue weighted by Crippen LogP contribution is -2.30. The van der Waals surface area contributed by atoms with Crippen LogP contribution in [0.25, 0.3) is 0 Å². The Morgan fingerprint density at radius 2 is 2.18 bits per heavy atom. The molecule has 5 nitrogen and oxygen atoms in total. The van der Waals surface area contributed by atoms with Crippen molar-refractivity contribution >= 4 is 11.9 Å². The Balaban J connectivity index is 1.71. The van der Waals surface area contributed by atoms with Gasteiger partial charge in [-0.25, -0.2) is 0 Å². The lowest BCUT2D eigenvalue weighted by Gasteiger charge is -2.17. The third-order valence-corrected chi connectivity index (χ3v) is 3.59. The number of ether oxygens (including phenoxy) is 1. The zero-order chi connectivity index (χ0) is 12.3. The molecular formula is C12H19NO4. The number of hydrogen-bond donors (Lipinski definition) is 1. The smallest absolute Gasteiger partial charge is 0.308 e. The van der Waals surface area contributed by atoms with Crippen LogP contribution in [0.15, 0.2) is 0 Å². The first-order valence-electron chi connectivity index (χ1n) is 6.29. The fourth-order valence-corrected chi connectivity index (χ4v) is 2.50. The molecule has 0 saturated carbocycles. The summed E-state index contributed by atoms with van der Waals surface area (Å²) in [5.41, 5.74) is 0. The molecule has 17 heavy (non-hydrogen) atoms. The van der Waals surface area contributed by atoms with E-state index < -0.39 is 5.97 Å². The molecule has 2 fully saturated rings. The minimum atomic E-state index is -0.792. The largest absolute Gasteiger partial charge is 0.481 e. The van der Waals surface area contributed by atoms with E-state index in [1.807, 2.05) is 0 Å². The highest BCUT2D eigenvalue weighted by atomic mass is 16.5. The van der Waals surface area contributed by atoms with Crippen LogP contribution < -0.4 is 0 Å². The molecule has 1 amide bonds. The summed E-state index contributed by atoms with van der Waals surface area (Å²) in [6, 6.07) is 0. The predicted octanol–water partition coefficient (Wildman–Crippen LogP) is 0.879. The highest BCUT2D eigenvalue weighted by Crippen LogP contribution is 2.20. The van der Waals surface area contributed by atoms with Crippen molar-refractivity contribution in [2.24, 2.45) is 5.92 Å². The summed E-state index contributed by atoms with van der Waals surface area (Å²) in [6.45, 7) is 1.77. The van der Waals surface area contributed by atoms with Gasteiger partial charge in [0.25, 0.3) is 0 Å². The molecule has 0 radical (unpaired) electrons. The molecule has 2 aliphatic rings. The maximum Gasteiger partial charge on any atom is 0.308 e. The highest BCUT2D eigenvalue weighted by Gasteiger charge is 2.30. The standard InChI is InChI=1S/C12H19NO4/c14-11(4-3-10-2-1-7-17-10)13-6-5-9(8-13)12(15)16/h9-10H,1-8H2,(H,15,16). The van der Waals surface area contributed by atoms with Gasteiger partial charge >= 0.3 is 5.97 Å². The molecule has 0 aromatic carbocycles. The van der Waals surface area contributed by atoms with Gasteiger partial charge in [0.05, 0.1) is 12.0 Å². The van der Waals surface area contributed by atoms with Crippen LogP contribution in [0.1, 0.15) is 32.1 Å². The van der Waals surface area contributed by atoms with Gasteiger partial charge in [0.1, 0.15) is 0 Å². The first-order chi connectivity index (χ1) is 8.16. The van der Waals surface area contributed by atoms with Crippen LogP contribution in [-0.2, 0) is 14.3 Å². The minimum Gasteiger partial charge on any atom is -0.481 e. The van der Waals surface area contributed by atoms with E-state index in [0.29, 0.717) is 25.9 Å². The number of nitrogens with zero attached hydrogens (tertiary/aromatic N) is 1. The lowest BCUT2D eigenvalue weighted by atomic mass is 10.1. The summed E-state index contributed by atoms with van der Waals surface area (Å²) >= 11 is 0. The quantitative estimate of drug-likeness (QED) is 0.793. The molecule has 2 aliphatic heterocycles. The number of carbonyl (C=O) groups is 2. The highest BCUT2D eigenvalue weighted by molar-refractivity contribution is 5.78. The van der Waals surface area contributed by atoms with Crippen LogP contribution in [0.5, 0.6) is 0 Å². The first-order valence-corrected chi connectivity index (χ1v) is 6.29. The van der Waals surface area contributed by atoms with Crippen LogP contribution in [-0.4, -0.2) is 47.7 Å². The molecule has 0 aromatic heterocycles. The maximum atomic E-state index is 11.8. The van der Waals surface area contributed by atoms with Crippen molar-refractivity contribution in [3.05, 3.63) is 0 Å². The number of aliphatic carboxylic acids is 1. The Bertz CT molecular complexity index is 299. The van der Waals surface area contributed by atoms with E-state index in [4.69, 9.17) is 9.84 Å². The third-order valence-electron chi connectivity index (χ3n) is 3.59. The van der Waals surface area contributed by atoms with E-state index in [1.165, 1.54) is 0 Å². The van der Waals surface area contributed by atoms with Gasteiger partial charge in [-0.3, -0.25) is 9.59 Å². The predicted molar refractivity (Wildman–Crippen MR) is 60.5 cm³/mol. The van der Waals surface area contributed by atoms with E-state index >= 15 is 0 Å². The van der Waals surface area contributed by atoms with Crippen molar-refractivity contribution in [2.45, 2.75) is 38.2 Å². The number of amides is 1. The number of carboxylic acids is 1. The van der Waals surface area contributed by atoms with Gasteiger partial charge in [-0.2, -0.15) is 0 Å². The van der Waals surface area contributed by atoms with E-state index in [-0.39, 0.29) is 17.9 Å². The van der Waals surface area contributed by atoms with Crippen molar-refractivity contribution in [2.75, 3.05) is 19.7 Å². The van der Waals surface area contributed by atoms with Crippen molar-refractivity contribution < 1.29 is 19.4 Å². The molecule has 2 saturated heterocycles. The normalized spacial score (nSPS) is 28.6. The van der Waals surface area contributed by atoms with Gasteiger partial charge in [-0.05, 0) is 25.7 Å². The van der Waals surface area contributed by atoms with Crippen LogP contribution >= 0.6 is 0 Å². The SMILES string of the molecule is O=C(O)C1CCN(C(=O)CCC2CCCO2)C1. The van der Waals surface area contributed by atoms with E-state index in [1.54, 1.807) is 4.90 Å². The number of likely N-dealkylation sites (tertiary alicyclic amines) is 1. The maximum absolute atomic E-state index is 11.8. The lowest BCUT2D eigenvalue weighted by molar-refractivity contribution is -0.141. The molecule has 5 heteroatoms. The van der Waals surface area contributed by atoms with Gasteiger partial charge in [-0.15, -0.1) is 0 Å². The molecule has 0 bridgehead atoms. The number of carbonyl (C=O) groups excluding carboxylic acids is 1. The summed E-state index contributed by atoms with van der Waals surface area (Å²) in [5.74, 6) is -1.09. The van der Waals surface area contributed by atoms with Gasteiger partial charge < -0.3 is 14.7 Å². The molecular weight excluding hydrogens is 222 g/mol. The van der Waals surface area contributed by atoms with Crippen molar-refractivity contribution in [3.8, 4) is 0 Å². The zero-order valence-corrected chi connectivity index (χ0v) is 9.93. The molecule has 2 unspecified atom stereocenters. The Morgan fingerprint density at radius 3 is 2.76 bits per heavy atom. The summed E-state index contributed by atoms with van der Waals surface area (Å²) < 4.78 is 5.46. The summed E-state index contributed by atoms with van der Waals surface area (Å²) in [5, 5.41) is 8.86. The van der Waals surface area contributed by atoms with Crippen LogP contribution in [0.2, 0.25) is 0 Å². The summed E-state index contributed by atoms with van der Waals surface area (Å²) in [4.78, 5) is 24.3. The fourth-order valence-electron chi connectivity index (χ4n) is 2.50. The van der Waals surface area contributed by atoms with E-state index in [0.717, 1.165) is 25.9 Å². The van der Waals surface area contributed by atoms with Crippen molar-refractivity contribution in [1.82, 2.24) is 4.90 Å². The minimum absolute atomic E-state index is 0.0734. The van der Waals surface area contributed by atoms with Crippen LogP contribution in [0.4, 0.5) is 0 Å². The van der Waals surface area contributed by atoms with E-state index in [9.17, 15) is 9.59 Å². The Hall–Kier alpha value is -1.10. The monoisotopic (exact) mass is 241 g/mol. The zero-order valence-electron chi connectivity index (χ0n) is 9.93. The average molecular weight is 241 g/mol. The Labute approximate surface area is 101 Å². The molecule has 0 spiro atoms. The fraction of sp³-hybridized carbons (Fsp3) is 0.833. The van der Waals surface area contributed by atoms with Crippen molar-refractivity contribution in [3.63, 3.8) is 0 Å². The summed E-state index contributed by atoms with van der Waals surface area (Å²) in [7, 11) is 0. The number of rotatable bonds is 4. The van der Waals surface area contributed by atoms with Gasteiger partial charge in [0, 0.05) is 26.1 Å². The topological polar surface area (TPSA) is 66.8 Å². The van der Waals surface area contributed by atoms with E-state index in [2.05, 4.69) is 0 Å². The molecule has 0 aromatic rings. The molecule has 2 heterocycles. The number of hydrogen-bond acceptors (Lipinski definition) is 3. The van der Waals surface area contributed by atoms with Crippen molar-refractivity contribution in [1.29, 1.82) is 0 Å².